The van der Waals surface area contributed by atoms with E-state index in [4.69, 9.17) is 0 Å². The lowest BCUT2D eigenvalue weighted by Crippen LogP contribution is -2.46. The number of carbonyl (C=O) groups is 1. The molecule has 3 heteroatoms. The molecule has 1 unspecified atom stereocenters. The van der Waals surface area contributed by atoms with Crippen molar-refractivity contribution in [2.24, 2.45) is 0 Å². The van der Waals surface area contributed by atoms with Crippen molar-refractivity contribution in [3.05, 3.63) is 71.3 Å². The molecule has 0 fully saturated rings. The van der Waals surface area contributed by atoms with Crippen LogP contribution in [-0.4, -0.2) is 17.6 Å². The third-order valence-corrected chi connectivity index (χ3v) is 3.43. The Labute approximate surface area is 119 Å². The highest BCUT2D eigenvalue weighted by Crippen LogP contribution is 2.20. The van der Waals surface area contributed by atoms with Gasteiger partial charge in [0.25, 0.3) is 5.91 Å². The first kappa shape index (κ1) is 14.3. The Morgan fingerprint density at radius 1 is 1.10 bits per heavy atom. The highest BCUT2D eigenvalue weighted by Gasteiger charge is 2.27. The predicted molar refractivity (Wildman–Crippen MR) is 79.5 cm³/mol. The van der Waals surface area contributed by atoms with Gasteiger partial charge < -0.3 is 10.4 Å². The topological polar surface area (TPSA) is 49.3 Å². The van der Waals surface area contributed by atoms with E-state index in [-0.39, 0.29) is 12.5 Å². The molecule has 1 atom stereocenters. The Bertz CT molecular complexity index is 578. The van der Waals surface area contributed by atoms with Gasteiger partial charge in [0.2, 0.25) is 0 Å². The van der Waals surface area contributed by atoms with Crippen molar-refractivity contribution in [2.75, 3.05) is 6.61 Å². The van der Waals surface area contributed by atoms with Crippen LogP contribution >= 0.6 is 0 Å². The van der Waals surface area contributed by atoms with Crippen LogP contribution < -0.4 is 5.32 Å². The Hall–Kier alpha value is -2.13. The highest BCUT2D eigenvalue weighted by molar-refractivity contribution is 5.94. The summed E-state index contributed by atoms with van der Waals surface area (Å²) in [6.45, 7) is 3.63. The van der Waals surface area contributed by atoms with E-state index in [1.54, 1.807) is 12.1 Å². The van der Waals surface area contributed by atoms with Crippen molar-refractivity contribution in [1.82, 2.24) is 5.32 Å². The zero-order valence-corrected chi connectivity index (χ0v) is 11.8. The van der Waals surface area contributed by atoms with Crippen molar-refractivity contribution in [3.8, 4) is 0 Å². The van der Waals surface area contributed by atoms with Crippen LogP contribution in [0.15, 0.2) is 54.6 Å². The van der Waals surface area contributed by atoms with Gasteiger partial charge in [-0.1, -0.05) is 48.0 Å². The lowest BCUT2D eigenvalue weighted by molar-refractivity contribution is 0.0849. The van der Waals surface area contributed by atoms with E-state index in [2.05, 4.69) is 5.32 Å². The van der Waals surface area contributed by atoms with Gasteiger partial charge in [0.15, 0.2) is 0 Å². The van der Waals surface area contributed by atoms with Gasteiger partial charge in [-0.25, -0.2) is 0 Å². The number of amides is 1. The second-order valence-electron chi connectivity index (χ2n) is 5.18. The quantitative estimate of drug-likeness (QED) is 0.896. The maximum atomic E-state index is 12.3. The molecule has 0 aliphatic heterocycles. The smallest absolute Gasteiger partial charge is 0.252 e. The zero-order valence-electron chi connectivity index (χ0n) is 11.8. The molecule has 0 heterocycles. The first-order valence-electron chi connectivity index (χ1n) is 6.61. The van der Waals surface area contributed by atoms with Gasteiger partial charge in [0.1, 0.15) is 0 Å². The Morgan fingerprint density at radius 3 is 2.25 bits per heavy atom. The molecule has 0 aromatic heterocycles. The van der Waals surface area contributed by atoms with E-state index >= 15 is 0 Å². The second-order valence-corrected chi connectivity index (χ2v) is 5.18. The van der Waals surface area contributed by atoms with Crippen LogP contribution in [0.4, 0.5) is 0 Å². The first-order chi connectivity index (χ1) is 9.55. The maximum Gasteiger partial charge on any atom is 0.252 e. The summed E-state index contributed by atoms with van der Waals surface area (Å²) >= 11 is 0. The van der Waals surface area contributed by atoms with Gasteiger partial charge in [-0.2, -0.15) is 0 Å². The van der Waals surface area contributed by atoms with E-state index in [0.717, 1.165) is 11.1 Å². The molecule has 0 spiro atoms. The van der Waals surface area contributed by atoms with E-state index in [0.29, 0.717) is 5.56 Å². The molecule has 0 bridgehead atoms. The molecular weight excluding hydrogens is 250 g/mol. The summed E-state index contributed by atoms with van der Waals surface area (Å²) in [5.41, 5.74) is 1.78. The van der Waals surface area contributed by atoms with Crippen LogP contribution in [0.25, 0.3) is 0 Å². The molecule has 0 saturated heterocycles. The van der Waals surface area contributed by atoms with Crippen molar-refractivity contribution in [2.45, 2.75) is 19.4 Å². The Balaban J connectivity index is 2.22. The van der Waals surface area contributed by atoms with Crippen LogP contribution in [0, 0.1) is 6.92 Å². The van der Waals surface area contributed by atoms with Crippen molar-refractivity contribution in [3.63, 3.8) is 0 Å². The highest BCUT2D eigenvalue weighted by atomic mass is 16.3. The fraction of sp³-hybridized carbons (Fsp3) is 0.235. The lowest BCUT2D eigenvalue weighted by atomic mass is 9.92. The minimum Gasteiger partial charge on any atom is -0.394 e. The normalized spacial score (nSPS) is 13.6. The third-order valence-electron chi connectivity index (χ3n) is 3.43. The van der Waals surface area contributed by atoms with Crippen molar-refractivity contribution < 1.29 is 9.90 Å². The number of aryl methyl sites for hydroxylation is 1. The minimum absolute atomic E-state index is 0.158. The summed E-state index contributed by atoms with van der Waals surface area (Å²) in [5, 5.41) is 12.6. The van der Waals surface area contributed by atoms with E-state index in [1.165, 1.54) is 0 Å². The van der Waals surface area contributed by atoms with Gasteiger partial charge >= 0.3 is 0 Å². The fourth-order valence-electron chi connectivity index (χ4n) is 2.04. The van der Waals surface area contributed by atoms with E-state index in [9.17, 15) is 9.90 Å². The number of hydrogen-bond acceptors (Lipinski definition) is 2. The summed E-state index contributed by atoms with van der Waals surface area (Å²) in [6.07, 6.45) is 0. The number of carbonyl (C=O) groups excluding carboxylic acids is 1. The molecule has 3 nitrogen and oxygen atoms in total. The maximum absolute atomic E-state index is 12.3. The molecule has 0 radical (unpaired) electrons. The summed E-state index contributed by atoms with van der Waals surface area (Å²) in [7, 11) is 0. The molecule has 2 rings (SSSR count). The van der Waals surface area contributed by atoms with Crippen LogP contribution in [0.5, 0.6) is 0 Å². The van der Waals surface area contributed by atoms with E-state index in [1.807, 2.05) is 56.3 Å². The predicted octanol–water partition coefficient (Wildman–Crippen LogP) is 2.63. The van der Waals surface area contributed by atoms with Gasteiger partial charge in [0.05, 0.1) is 12.1 Å². The molecule has 0 aliphatic rings. The lowest BCUT2D eigenvalue weighted by Gasteiger charge is -2.29. The third kappa shape index (κ3) is 3.06. The molecule has 104 valence electrons. The standard InChI is InChI=1S/C17H19NO2/c1-13-8-10-14(11-9-13)16(20)18-17(2,12-19)15-6-4-3-5-7-15/h3-11,19H,12H2,1-2H3,(H,18,20). The molecule has 0 saturated carbocycles. The number of benzene rings is 2. The average Bonchev–Trinajstić information content (AvgIpc) is 2.48. The van der Waals surface area contributed by atoms with Crippen LogP contribution in [-0.2, 0) is 5.54 Å². The summed E-state index contributed by atoms with van der Waals surface area (Å²) in [4.78, 5) is 12.3. The van der Waals surface area contributed by atoms with Crippen molar-refractivity contribution in [1.29, 1.82) is 0 Å². The van der Waals surface area contributed by atoms with Gasteiger partial charge in [-0.3, -0.25) is 4.79 Å². The summed E-state index contributed by atoms with van der Waals surface area (Å²) in [5.74, 6) is -0.189. The van der Waals surface area contributed by atoms with Crippen LogP contribution in [0.3, 0.4) is 0 Å². The Kier molecular flexibility index (Phi) is 4.20. The molecule has 2 aromatic carbocycles. The largest absolute Gasteiger partial charge is 0.394 e. The SMILES string of the molecule is Cc1ccc(C(=O)NC(C)(CO)c2ccccc2)cc1. The first-order valence-corrected chi connectivity index (χ1v) is 6.61. The minimum atomic E-state index is -0.788. The molecule has 20 heavy (non-hydrogen) atoms. The van der Waals surface area contributed by atoms with E-state index < -0.39 is 5.54 Å². The molecule has 1 amide bonds. The van der Waals surface area contributed by atoms with Crippen molar-refractivity contribution >= 4 is 5.91 Å². The van der Waals surface area contributed by atoms with Gasteiger partial charge in [-0.05, 0) is 31.5 Å². The monoisotopic (exact) mass is 269 g/mol. The molecule has 0 aliphatic carbocycles. The molecule has 2 aromatic rings. The average molecular weight is 269 g/mol. The number of aliphatic hydroxyl groups excluding tert-OH is 1. The fourth-order valence-corrected chi connectivity index (χ4v) is 2.04. The zero-order chi connectivity index (χ0) is 14.6. The number of aliphatic hydroxyl groups is 1. The number of hydrogen-bond donors (Lipinski definition) is 2. The second kappa shape index (κ2) is 5.88. The number of nitrogens with one attached hydrogen (secondary N) is 1. The van der Waals surface area contributed by atoms with Crippen LogP contribution in [0.2, 0.25) is 0 Å². The van der Waals surface area contributed by atoms with Crippen LogP contribution in [0.1, 0.15) is 28.4 Å². The van der Waals surface area contributed by atoms with Gasteiger partial charge in [-0.15, -0.1) is 0 Å². The Morgan fingerprint density at radius 2 is 1.70 bits per heavy atom. The number of rotatable bonds is 4. The van der Waals surface area contributed by atoms with Gasteiger partial charge in [0, 0.05) is 5.56 Å². The summed E-state index contributed by atoms with van der Waals surface area (Å²) in [6, 6.07) is 16.8. The molecule has 2 N–H and O–H groups in total. The summed E-state index contributed by atoms with van der Waals surface area (Å²) < 4.78 is 0. The molecular formula is C17H19NO2.